The lowest BCUT2D eigenvalue weighted by Crippen LogP contribution is -2.45. The summed E-state index contributed by atoms with van der Waals surface area (Å²) in [6.07, 6.45) is 1.41. The number of piperidine rings is 1. The topological polar surface area (TPSA) is 66.5 Å². The Morgan fingerprint density at radius 1 is 1.30 bits per heavy atom. The number of hydrogen-bond donors (Lipinski definition) is 1. The van der Waals surface area contributed by atoms with Gasteiger partial charge in [-0.1, -0.05) is 29.8 Å². The van der Waals surface area contributed by atoms with Crippen molar-refractivity contribution in [3.05, 3.63) is 52.4 Å². The van der Waals surface area contributed by atoms with E-state index < -0.39 is 10.0 Å². The standard InChI is InChI=1S/C20H26N2O3S2/c1-14-8-9-15(2)18(12-14)16(3)21-20(23)17-6-4-10-22(13-17)27(24,25)19-7-5-11-26-19/h5,7-9,11-12,16-17H,4,6,10,13H2,1-3H3,(H,21,23)/t16-,17-/m1/s1. The summed E-state index contributed by atoms with van der Waals surface area (Å²) in [4.78, 5) is 12.8. The van der Waals surface area contributed by atoms with E-state index in [9.17, 15) is 13.2 Å². The highest BCUT2D eigenvalue weighted by molar-refractivity contribution is 7.91. The normalized spacial score (nSPS) is 19.6. The van der Waals surface area contributed by atoms with E-state index in [-0.39, 0.29) is 24.4 Å². The van der Waals surface area contributed by atoms with Crippen LogP contribution in [0.1, 0.15) is 42.5 Å². The lowest BCUT2D eigenvalue weighted by molar-refractivity contribution is -0.126. The van der Waals surface area contributed by atoms with Crippen molar-refractivity contribution in [2.75, 3.05) is 13.1 Å². The number of thiophene rings is 1. The van der Waals surface area contributed by atoms with Gasteiger partial charge in [0.2, 0.25) is 5.91 Å². The Bertz CT molecular complexity index is 907. The van der Waals surface area contributed by atoms with Gasteiger partial charge in [0, 0.05) is 13.1 Å². The van der Waals surface area contributed by atoms with Crippen LogP contribution in [0.4, 0.5) is 0 Å². The quantitative estimate of drug-likeness (QED) is 0.824. The molecule has 1 aromatic carbocycles. The number of nitrogens with one attached hydrogen (secondary N) is 1. The van der Waals surface area contributed by atoms with Crippen LogP contribution in [0.2, 0.25) is 0 Å². The maximum atomic E-state index is 12.8. The average molecular weight is 407 g/mol. The minimum absolute atomic E-state index is 0.0746. The van der Waals surface area contributed by atoms with E-state index in [0.29, 0.717) is 23.6 Å². The van der Waals surface area contributed by atoms with Gasteiger partial charge >= 0.3 is 0 Å². The van der Waals surface area contributed by atoms with Crippen LogP contribution in [0, 0.1) is 19.8 Å². The van der Waals surface area contributed by atoms with E-state index >= 15 is 0 Å². The Balaban J connectivity index is 1.69. The van der Waals surface area contributed by atoms with Gasteiger partial charge in [-0.15, -0.1) is 11.3 Å². The van der Waals surface area contributed by atoms with Crippen molar-refractivity contribution in [2.45, 2.75) is 43.9 Å². The van der Waals surface area contributed by atoms with E-state index in [1.54, 1.807) is 17.5 Å². The van der Waals surface area contributed by atoms with Crippen molar-refractivity contribution < 1.29 is 13.2 Å². The Labute approximate surface area is 165 Å². The first-order valence-corrected chi connectivity index (χ1v) is 11.5. The van der Waals surface area contributed by atoms with Crippen molar-refractivity contribution in [1.82, 2.24) is 9.62 Å². The van der Waals surface area contributed by atoms with Gasteiger partial charge in [0.15, 0.2) is 0 Å². The van der Waals surface area contributed by atoms with Crippen LogP contribution in [-0.4, -0.2) is 31.7 Å². The molecule has 5 nitrogen and oxygen atoms in total. The predicted molar refractivity (Wildman–Crippen MR) is 108 cm³/mol. The molecule has 0 radical (unpaired) electrons. The number of amides is 1. The lowest BCUT2D eigenvalue weighted by Gasteiger charge is -2.31. The highest BCUT2D eigenvalue weighted by Crippen LogP contribution is 2.27. The largest absolute Gasteiger partial charge is 0.349 e. The molecule has 1 aliphatic rings. The number of nitrogens with zero attached hydrogens (tertiary/aromatic N) is 1. The monoisotopic (exact) mass is 406 g/mol. The molecule has 0 unspecified atom stereocenters. The molecule has 1 aliphatic heterocycles. The molecule has 1 saturated heterocycles. The Morgan fingerprint density at radius 3 is 2.78 bits per heavy atom. The molecule has 3 rings (SSSR count). The fourth-order valence-corrected chi connectivity index (χ4v) is 6.22. The molecular weight excluding hydrogens is 380 g/mol. The summed E-state index contributed by atoms with van der Waals surface area (Å²) >= 11 is 1.21. The van der Waals surface area contributed by atoms with Crippen LogP contribution >= 0.6 is 11.3 Å². The van der Waals surface area contributed by atoms with Crippen molar-refractivity contribution >= 4 is 27.3 Å². The minimum Gasteiger partial charge on any atom is -0.349 e. The summed E-state index contributed by atoms with van der Waals surface area (Å²) in [5.41, 5.74) is 3.39. The van der Waals surface area contributed by atoms with E-state index in [2.05, 4.69) is 23.5 Å². The highest BCUT2D eigenvalue weighted by atomic mass is 32.2. The van der Waals surface area contributed by atoms with Crippen molar-refractivity contribution in [3.63, 3.8) is 0 Å². The Morgan fingerprint density at radius 2 is 2.07 bits per heavy atom. The third-order valence-electron chi connectivity index (χ3n) is 5.10. The second kappa shape index (κ2) is 8.12. The van der Waals surface area contributed by atoms with Gasteiger partial charge < -0.3 is 5.32 Å². The zero-order valence-corrected chi connectivity index (χ0v) is 17.6. The van der Waals surface area contributed by atoms with E-state index in [0.717, 1.165) is 16.7 Å². The number of rotatable bonds is 5. The number of hydrogen-bond acceptors (Lipinski definition) is 4. The molecule has 2 aromatic rings. The summed E-state index contributed by atoms with van der Waals surface area (Å²) in [6, 6.07) is 9.45. The molecule has 1 fully saturated rings. The maximum absolute atomic E-state index is 12.8. The number of carbonyl (C=O) groups is 1. The van der Waals surface area contributed by atoms with Gasteiger partial charge in [0.05, 0.1) is 12.0 Å². The van der Waals surface area contributed by atoms with E-state index in [1.165, 1.54) is 15.6 Å². The van der Waals surface area contributed by atoms with Gasteiger partial charge in [0.25, 0.3) is 10.0 Å². The summed E-state index contributed by atoms with van der Waals surface area (Å²) in [5, 5.41) is 4.84. The number of aryl methyl sites for hydroxylation is 2. The second-order valence-electron chi connectivity index (χ2n) is 7.22. The van der Waals surface area contributed by atoms with Crippen molar-refractivity contribution in [2.24, 2.45) is 5.92 Å². The summed E-state index contributed by atoms with van der Waals surface area (Å²) in [5.74, 6) is -0.393. The smallest absolute Gasteiger partial charge is 0.252 e. The molecule has 0 bridgehead atoms. The predicted octanol–water partition coefficient (Wildman–Crippen LogP) is 3.64. The Kier molecular flexibility index (Phi) is 6.03. The third kappa shape index (κ3) is 4.42. The molecule has 27 heavy (non-hydrogen) atoms. The van der Waals surface area contributed by atoms with Gasteiger partial charge in [-0.2, -0.15) is 4.31 Å². The number of carbonyl (C=O) groups excluding carboxylic acids is 1. The molecule has 1 N–H and O–H groups in total. The zero-order valence-electron chi connectivity index (χ0n) is 15.9. The average Bonchev–Trinajstić information content (AvgIpc) is 3.19. The zero-order chi connectivity index (χ0) is 19.6. The van der Waals surface area contributed by atoms with Crippen LogP contribution < -0.4 is 5.32 Å². The second-order valence-corrected chi connectivity index (χ2v) is 10.3. The van der Waals surface area contributed by atoms with Crippen molar-refractivity contribution in [3.8, 4) is 0 Å². The lowest BCUT2D eigenvalue weighted by atomic mass is 9.96. The molecule has 1 aromatic heterocycles. The minimum atomic E-state index is -3.51. The van der Waals surface area contributed by atoms with Crippen molar-refractivity contribution in [1.29, 1.82) is 0 Å². The molecule has 7 heteroatoms. The van der Waals surface area contributed by atoms with Crippen LogP contribution in [0.5, 0.6) is 0 Å². The SMILES string of the molecule is Cc1ccc(C)c([C@@H](C)NC(=O)[C@@H]2CCCN(S(=O)(=O)c3cccs3)C2)c1. The molecule has 2 atom stereocenters. The first kappa shape index (κ1) is 20.0. The van der Waals surface area contributed by atoms with E-state index in [1.807, 2.05) is 20.8 Å². The van der Waals surface area contributed by atoms with Crippen LogP contribution in [0.3, 0.4) is 0 Å². The highest BCUT2D eigenvalue weighted by Gasteiger charge is 2.34. The van der Waals surface area contributed by atoms with Crippen LogP contribution in [-0.2, 0) is 14.8 Å². The Hall–Kier alpha value is -1.70. The van der Waals surface area contributed by atoms with Gasteiger partial charge in [-0.3, -0.25) is 4.79 Å². The van der Waals surface area contributed by atoms with Crippen LogP contribution in [0.15, 0.2) is 39.9 Å². The first-order valence-electron chi connectivity index (χ1n) is 9.20. The molecule has 1 amide bonds. The number of benzene rings is 1. The molecule has 0 saturated carbocycles. The van der Waals surface area contributed by atoms with Gasteiger partial charge in [0.1, 0.15) is 4.21 Å². The maximum Gasteiger partial charge on any atom is 0.252 e. The molecule has 0 aliphatic carbocycles. The summed E-state index contributed by atoms with van der Waals surface area (Å²) in [6.45, 7) is 6.75. The molecular formula is C20H26N2O3S2. The number of sulfonamides is 1. The first-order chi connectivity index (χ1) is 12.8. The van der Waals surface area contributed by atoms with E-state index in [4.69, 9.17) is 0 Å². The van der Waals surface area contributed by atoms with Gasteiger partial charge in [-0.25, -0.2) is 8.42 Å². The molecule has 0 spiro atoms. The fraction of sp³-hybridized carbons (Fsp3) is 0.450. The fourth-order valence-electron chi connectivity index (χ4n) is 3.55. The summed E-state index contributed by atoms with van der Waals surface area (Å²) in [7, 11) is -3.51. The van der Waals surface area contributed by atoms with Gasteiger partial charge in [-0.05, 0) is 56.2 Å². The molecule has 146 valence electrons. The van der Waals surface area contributed by atoms with Crippen LogP contribution in [0.25, 0.3) is 0 Å². The summed E-state index contributed by atoms with van der Waals surface area (Å²) < 4.78 is 27.3. The molecule has 2 heterocycles. The third-order valence-corrected chi connectivity index (χ3v) is 8.34.